The Labute approximate surface area is 104 Å². The molecule has 2 rings (SSSR count). The van der Waals surface area contributed by atoms with Gasteiger partial charge in [-0.1, -0.05) is 12.1 Å². The molecule has 17 heavy (non-hydrogen) atoms. The van der Waals surface area contributed by atoms with E-state index in [1.807, 2.05) is 35.5 Å². The highest BCUT2D eigenvalue weighted by molar-refractivity contribution is 7.07. The van der Waals surface area contributed by atoms with Gasteiger partial charge in [-0.25, -0.2) is 4.79 Å². The zero-order valence-electron chi connectivity index (χ0n) is 9.46. The van der Waals surface area contributed by atoms with Gasteiger partial charge < -0.3 is 10.0 Å². The maximum absolute atomic E-state index is 11.1. The van der Waals surface area contributed by atoms with E-state index in [2.05, 4.69) is 5.38 Å². The molecule has 2 aromatic rings. The summed E-state index contributed by atoms with van der Waals surface area (Å²) in [4.78, 5) is 13.1. The van der Waals surface area contributed by atoms with E-state index >= 15 is 0 Å². The molecule has 0 fully saturated rings. The molecule has 4 heteroatoms. The molecule has 0 atom stereocenters. The van der Waals surface area contributed by atoms with Gasteiger partial charge in [-0.05, 0) is 34.5 Å². The van der Waals surface area contributed by atoms with E-state index in [-0.39, 0.29) is 0 Å². The molecular formula is C13H13NO2S. The second-order valence-electron chi connectivity index (χ2n) is 3.81. The minimum absolute atomic E-state index is 0.338. The Bertz CT molecular complexity index is 508. The fourth-order valence-corrected chi connectivity index (χ4v) is 2.39. The van der Waals surface area contributed by atoms with Crippen molar-refractivity contribution in [3.63, 3.8) is 0 Å². The van der Waals surface area contributed by atoms with Crippen LogP contribution in [0.25, 0.3) is 0 Å². The number of benzene rings is 1. The van der Waals surface area contributed by atoms with E-state index in [0.29, 0.717) is 12.1 Å². The summed E-state index contributed by atoms with van der Waals surface area (Å²) in [6, 6.07) is 9.10. The van der Waals surface area contributed by atoms with Gasteiger partial charge in [-0.15, -0.1) is 0 Å². The summed E-state index contributed by atoms with van der Waals surface area (Å²) >= 11 is 1.64. The molecule has 0 bridgehead atoms. The van der Waals surface area contributed by atoms with Crippen LogP contribution in [0.1, 0.15) is 15.9 Å². The fraction of sp³-hybridized carbons (Fsp3) is 0.154. The summed E-state index contributed by atoms with van der Waals surface area (Å²) < 4.78 is 0. The molecule has 1 aromatic heterocycles. The van der Waals surface area contributed by atoms with Crippen LogP contribution in [0.5, 0.6) is 0 Å². The Hall–Kier alpha value is -1.81. The van der Waals surface area contributed by atoms with Crippen LogP contribution in [-0.2, 0) is 6.54 Å². The van der Waals surface area contributed by atoms with Crippen LogP contribution < -0.4 is 4.90 Å². The number of nitrogens with zero attached hydrogens (tertiary/aromatic N) is 1. The van der Waals surface area contributed by atoms with Gasteiger partial charge in [0.2, 0.25) is 0 Å². The summed E-state index contributed by atoms with van der Waals surface area (Å²) in [5, 5.41) is 13.2. The lowest BCUT2D eigenvalue weighted by Crippen LogP contribution is -2.18. The van der Waals surface area contributed by atoms with Crippen LogP contribution in [0.2, 0.25) is 0 Å². The second kappa shape index (κ2) is 5.01. The quantitative estimate of drug-likeness (QED) is 0.902. The molecule has 3 nitrogen and oxygen atoms in total. The van der Waals surface area contributed by atoms with Crippen molar-refractivity contribution in [1.29, 1.82) is 0 Å². The van der Waals surface area contributed by atoms with Gasteiger partial charge >= 0.3 is 5.97 Å². The van der Waals surface area contributed by atoms with Crippen molar-refractivity contribution in [2.24, 2.45) is 0 Å². The SMILES string of the molecule is CN(Cc1ccsc1)c1ccccc1C(=O)O. The first-order chi connectivity index (χ1) is 8.18. The normalized spacial score (nSPS) is 10.2. The van der Waals surface area contributed by atoms with E-state index < -0.39 is 5.97 Å². The van der Waals surface area contributed by atoms with E-state index in [4.69, 9.17) is 5.11 Å². The van der Waals surface area contributed by atoms with Crippen LogP contribution in [0.15, 0.2) is 41.1 Å². The van der Waals surface area contributed by atoms with Crippen LogP contribution in [0.3, 0.4) is 0 Å². The summed E-state index contributed by atoms with van der Waals surface area (Å²) in [6.07, 6.45) is 0. The predicted molar refractivity (Wildman–Crippen MR) is 69.8 cm³/mol. The summed E-state index contributed by atoms with van der Waals surface area (Å²) in [7, 11) is 1.90. The van der Waals surface area contributed by atoms with Crippen molar-refractivity contribution < 1.29 is 9.90 Å². The number of hydrogen-bond donors (Lipinski definition) is 1. The Morgan fingerprint density at radius 3 is 2.76 bits per heavy atom. The molecule has 88 valence electrons. The Morgan fingerprint density at radius 2 is 2.12 bits per heavy atom. The molecule has 0 radical (unpaired) electrons. The number of hydrogen-bond acceptors (Lipinski definition) is 3. The Balaban J connectivity index is 2.24. The van der Waals surface area contributed by atoms with E-state index in [1.54, 1.807) is 23.5 Å². The third-order valence-electron chi connectivity index (χ3n) is 2.55. The fourth-order valence-electron chi connectivity index (χ4n) is 1.73. The van der Waals surface area contributed by atoms with Crippen LogP contribution in [0.4, 0.5) is 5.69 Å². The largest absolute Gasteiger partial charge is 0.478 e. The molecule has 0 aliphatic heterocycles. The summed E-state index contributed by atoms with van der Waals surface area (Å²) in [5.41, 5.74) is 2.27. The lowest BCUT2D eigenvalue weighted by Gasteiger charge is -2.20. The van der Waals surface area contributed by atoms with Crippen LogP contribution in [0, 0.1) is 0 Å². The lowest BCUT2D eigenvalue weighted by molar-refractivity contribution is 0.0697. The summed E-state index contributed by atoms with van der Waals surface area (Å²) in [5.74, 6) is -0.891. The predicted octanol–water partition coefficient (Wildman–Crippen LogP) is 3.08. The number of thiophene rings is 1. The molecule has 0 spiro atoms. The van der Waals surface area contributed by atoms with Gasteiger partial charge in [-0.2, -0.15) is 11.3 Å². The van der Waals surface area contributed by atoms with Gasteiger partial charge in [0.15, 0.2) is 0 Å². The molecule has 1 aromatic carbocycles. The third kappa shape index (κ3) is 2.65. The van der Waals surface area contributed by atoms with Crippen molar-refractivity contribution >= 4 is 23.0 Å². The number of carboxylic acids is 1. The molecule has 1 heterocycles. The average molecular weight is 247 g/mol. The standard InChI is InChI=1S/C13H13NO2S/c1-14(8-10-6-7-17-9-10)12-5-3-2-4-11(12)13(15)16/h2-7,9H,8H2,1H3,(H,15,16). The number of rotatable bonds is 4. The topological polar surface area (TPSA) is 40.5 Å². The minimum Gasteiger partial charge on any atom is -0.478 e. The van der Waals surface area contributed by atoms with Crippen LogP contribution >= 0.6 is 11.3 Å². The monoisotopic (exact) mass is 247 g/mol. The second-order valence-corrected chi connectivity index (χ2v) is 4.59. The molecule has 0 unspecified atom stereocenters. The molecule has 0 saturated carbocycles. The maximum Gasteiger partial charge on any atom is 0.337 e. The smallest absolute Gasteiger partial charge is 0.337 e. The number of anilines is 1. The lowest BCUT2D eigenvalue weighted by atomic mass is 10.1. The molecule has 1 N–H and O–H groups in total. The van der Waals surface area contributed by atoms with Gasteiger partial charge in [0.05, 0.1) is 11.3 Å². The number of para-hydroxylation sites is 1. The van der Waals surface area contributed by atoms with Gasteiger partial charge in [-0.3, -0.25) is 0 Å². The van der Waals surface area contributed by atoms with Crippen molar-refractivity contribution in [2.75, 3.05) is 11.9 Å². The number of carbonyl (C=O) groups is 1. The highest BCUT2D eigenvalue weighted by Crippen LogP contribution is 2.21. The van der Waals surface area contributed by atoms with Crippen molar-refractivity contribution in [3.05, 3.63) is 52.2 Å². The molecular weight excluding hydrogens is 234 g/mol. The highest BCUT2D eigenvalue weighted by atomic mass is 32.1. The van der Waals surface area contributed by atoms with E-state index in [9.17, 15) is 4.79 Å². The minimum atomic E-state index is -0.891. The Morgan fingerprint density at radius 1 is 1.35 bits per heavy atom. The third-order valence-corrected chi connectivity index (χ3v) is 3.28. The first-order valence-electron chi connectivity index (χ1n) is 5.23. The Kier molecular flexibility index (Phi) is 3.44. The zero-order valence-corrected chi connectivity index (χ0v) is 10.3. The van der Waals surface area contributed by atoms with Crippen LogP contribution in [-0.4, -0.2) is 18.1 Å². The molecule has 0 aliphatic carbocycles. The molecule has 0 amide bonds. The number of carboxylic acid groups (broad SMARTS) is 1. The van der Waals surface area contributed by atoms with Gasteiger partial charge in [0, 0.05) is 13.6 Å². The van der Waals surface area contributed by atoms with Crippen molar-refractivity contribution in [3.8, 4) is 0 Å². The van der Waals surface area contributed by atoms with E-state index in [1.165, 1.54) is 5.56 Å². The zero-order chi connectivity index (χ0) is 12.3. The maximum atomic E-state index is 11.1. The first-order valence-corrected chi connectivity index (χ1v) is 6.17. The van der Waals surface area contributed by atoms with Crippen molar-refractivity contribution in [2.45, 2.75) is 6.54 Å². The first kappa shape index (κ1) is 11.7. The molecule has 0 saturated heterocycles. The molecule has 0 aliphatic rings. The van der Waals surface area contributed by atoms with Crippen molar-refractivity contribution in [1.82, 2.24) is 0 Å². The number of aromatic carboxylic acids is 1. The summed E-state index contributed by atoms with van der Waals surface area (Å²) in [6.45, 7) is 0.716. The highest BCUT2D eigenvalue weighted by Gasteiger charge is 2.12. The van der Waals surface area contributed by atoms with E-state index in [0.717, 1.165) is 5.69 Å². The van der Waals surface area contributed by atoms with Gasteiger partial charge in [0.25, 0.3) is 0 Å². The average Bonchev–Trinajstić information content (AvgIpc) is 2.81. The van der Waals surface area contributed by atoms with Gasteiger partial charge in [0.1, 0.15) is 0 Å².